The summed E-state index contributed by atoms with van der Waals surface area (Å²) in [5.41, 5.74) is 1.67. The van der Waals surface area contributed by atoms with Crippen LogP contribution in [0.5, 0.6) is 0 Å². The number of amides is 1. The summed E-state index contributed by atoms with van der Waals surface area (Å²) in [6.45, 7) is 10.9. The third kappa shape index (κ3) is 3.69. The van der Waals surface area contributed by atoms with Crippen LogP contribution in [0, 0.1) is 18.7 Å². The van der Waals surface area contributed by atoms with E-state index >= 15 is 0 Å². The number of aromatic nitrogens is 2. The molecule has 148 valence electrons. The number of hydrogen-bond acceptors (Lipinski definition) is 4. The maximum Gasteiger partial charge on any atom is 0.264 e. The molecule has 5 nitrogen and oxygen atoms in total. The fourth-order valence-electron chi connectivity index (χ4n) is 3.72. The minimum atomic E-state index is -0.275. The Labute approximate surface area is 168 Å². The third-order valence-corrected chi connectivity index (χ3v) is 6.21. The normalized spacial score (nSPS) is 15.7. The molecule has 1 aromatic carbocycles. The molecule has 28 heavy (non-hydrogen) atoms. The second-order valence-electron chi connectivity index (χ2n) is 7.79. The number of carbonyl (C=O) groups excluding carboxylic acids is 1. The topological polar surface area (TPSA) is 41.4 Å². The van der Waals surface area contributed by atoms with Crippen molar-refractivity contribution in [2.24, 2.45) is 5.92 Å². The lowest BCUT2D eigenvalue weighted by atomic mass is 10.2. The monoisotopic (exact) mass is 400 g/mol. The van der Waals surface area contributed by atoms with Crippen LogP contribution in [0.4, 0.5) is 4.39 Å². The first-order valence-corrected chi connectivity index (χ1v) is 10.5. The average molecular weight is 401 g/mol. The Balaban J connectivity index is 1.56. The summed E-state index contributed by atoms with van der Waals surface area (Å²) in [4.78, 5) is 19.1. The fourth-order valence-corrected chi connectivity index (χ4v) is 4.87. The number of hydrogen-bond donors (Lipinski definition) is 0. The van der Waals surface area contributed by atoms with E-state index in [0.29, 0.717) is 5.92 Å². The quantitative estimate of drug-likeness (QED) is 0.666. The molecule has 0 radical (unpaired) electrons. The molecule has 0 N–H and O–H groups in total. The molecule has 0 atom stereocenters. The van der Waals surface area contributed by atoms with Crippen LogP contribution in [0.15, 0.2) is 30.3 Å². The Morgan fingerprint density at radius 1 is 1.18 bits per heavy atom. The molecule has 0 bridgehead atoms. The number of rotatable bonds is 4. The standard InChI is InChI=1S/C21H25FN4OS/c1-14(2)13-24-8-10-25(11-9-24)20(27)19-12-18-15(3)23-26(21(18)28-19)17-6-4-16(22)5-7-17/h4-7,12,14H,8-11,13H2,1-3H3. The van der Waals surface area contributed by atoms with Gasteiger partial charge in [0.1, 0.15) is 10.6 Å². The molecule has 1 amide bonds. The minimum Gasteiger partial charge on any atom is -0.335 e. The highest BCUT2D eigenvalue weighted by Gasteiger charge is 2.25. The van der Waals surface area contributed by atoms with Gasteiger partial charge in [-0.05, 0) is 43.2 Å². The highest BCUT2D eigenvalue weighted by Crippen LogP contribution is 2.31. The van der Waals surface area contributed by atoms with Crippen LogP contribution >= 0.6 is 11.3 Å². The van der Waals surface area contributed by atoms with Gasteiger partial charge >= 0.3 is 0 Å². The highest BCUT2D eigenvalue weighted by molar-refractivity contribution is 7.20. The van der Waals surface area contributed by atoms with Gasteiger partial charge in [-0.3, -0.25) is 9.69 Å². The Hall–Kier alpha value is -2.25. The van der Waals surface area contributed by atoms with Crippen molar-refractivity contribution in [2.45, 2.75) is 20.8 Å². The average Bonchev–Trinajstić information content (AvgIpc) is 3.23. The molecule has 1 aliphatic heterocycles. The summed E-state index contributed by atoms with van der Waals surface area (Å²) in [6, 6.07) is 8.21. The van der Waals surface area contributed by atoms with Gasteiger partial charge in [-0.1, -0.05) is 13.8 Å². The van der Waals surface area contributed by atoms with Crippen molar-refractivity contribution in [3.05, 3.63) is 46.7 Å². The van der Waals surface area contributed by atoms with Crippen molar-refractivity contribution >= 4 is 27.5 Å². The van der Waals surface area contributed by atoms with E-state index in [2.05, 4.69) is 23.8 Å². The Bertz CT molecular complexity index is 984. The Morgan fingerprint density at radius 3 is 2.50 bits per heavy atom. The van der Waals surface area contributed by atoms with Crippen molar-refractivity contribution in [2.75, 3.05) is 32.7 Å². The summed E-state index contributed by atoms with van der Waals surface area (Å²) in [5.74, 6) is 0.459. The molecule has 7 heteroatoms. The number of benzene rings is 1. The molecule has 0 unspecified atom stereocenters. The van der Waals surface area contributed by atoms with Gasteiger partial charge in [0.25, 0.3) is 5.91 Å². The first-order valence-electron chi connectivity index (χ1n) is 9.69. The van der Waals surface area contributed by atoms with Crippen molar-refractivity contribution in [3.63, 3.8) is 0 Å². The van der Waals surface area contributed by atoms with Crippen LogP contribution in [0.25, 0.3) is 15.9 Å². The summed E-state index contributed by atoms with van der Waals surface area (Å²) in [7, 11) is 0. The smallest absolute Gasteiger partial charge is 0.264 e. The molecule has 2 aromatic heterocycles. The number of fused-ring (bicyclic) bond motifs is 1. The number of halogens is 1. The maximum absolute atomic E-state index is 13.3. The summed E-state index contributed by atoms with van der Waals surface area (Å²) < 4.78 is 15.1. The van der Waals surface area contributed by atoms with E-state index in [1.165, 1.54) is 23.5 Å². The molecule has 0 spiro atoms. The largest absolute Gasteiger partial charge is 0.335 e. The van der Waals surface area contributed by atoms with Gasteiger partial charge in [-0.25, -0.2) is 9.07 Å². The molecular formula is C21H25FN4OS. The van der Waals surface area contributed by atoms with E-state index in [4.69, 9.17) is 0 Å². The van der Waals surface area contributed by atoms with Crippen molar-refractivity contribution in [1.29, 1.82) is 0 Å². The first-order chi connectivity index (χ1) is 13.4. The Kier molecular flexibility index (Phi) is 5.21. The number of carbonyl (C=O) groups is 1. The summed E-state index contributed by atoms with van der Waals surface area (Å²) >= 11 is 1.46. The van der Waals surface area contributed by atoms with Gasteiger partial charge in [0, 0.05) is 38.1 Å². The molecular weight excluding hydrogens is 375 g/mol. The molecule has 1 aliphatic rings. The lowest BCUT2D eigenvalue weighted by Gasteiger charge is -2.35. The maximum atomic E-state index is 13.3. The second-order valence-corrected chi connectivity index (χ2v) is 8.82. The van der Waals surface area contributed by atoms with E-state index in [0.717, 1.165) is 59.2 Å². The zero-order valence-electron chi connectivity index (χ0n) is 16.5. The van der Waals surface area contributed by atoms with Crippen LogP contribution in [-0.4, -0.2) is 58.2 Å². The summed E-state index contributed by atoms with van der Waals surface area (Å²) in [6.07, 6.45) is 0. The van der Waals surface area contributed by atoms with Crippen LogP contribution in [0.1, 0.15) is 29.2 Å². The van der Waals surface area contributed by atoms with Gasteiger partial charge in [0.2, 0.25) is 0 Å². The van der Waals surface area contributed by atoms with Crippen LogP contribution in [0.2, 0.25) is 0 Å². The number of aryl methyl sites for hydroxylation is 1. The van der Waals surface area contributed by atoms with Crippen LogP contribution in [-0.2, 0) is 0 Å². The third-order valence-electron chi connectivity index (χ3n) is 5.11. The van der Waals surface area contributed by atoms with E-state index in [-0.39, 0.29) is 11.7 Å². The first kappa shape index (κ1) is 19.1. The van der Waals surface area contributed by atoms with Gasteiger partial charge in [-0.2, -0.15) is 5.10 Å². The minimum absolute atomic E-state index is 0.0930. The predicted octanol–water partition coefficient (Wildman–Crippen LogP) is 3.95. The van der Waals surface area contributed by atoms with Crippen LogP contribution in [0.3, 0.4) is 0 Å². The van der Waals surface area contributed by atoms with Gasteiger partial charge < -0.3 is 4.90 Å². The predicted molar refractivity (Wildman–Crippen MR) is 111 cm³/mol. The number of nitrogens with zero attached hydrogens (tertiary/aromatic N) is 4. The SMILES string of the molecule is Cc1nn(-c2ccc(F)cc2)c2sc(C(=O)N3CCN(CC(C)C)CC3)cc12. The van der Waals surface area contributed by atoms with Crippen LogP contribution < -0.4 is 0 Å². The van der Waals surface area contributed by atoms with Crippen molar-refractivity contribution in [1.82, 2.24) is 19.6 Å². The zero-order chi connectivity index (χ0) is 19.8. The van der Waals surface area contributed by atoms with E-state index in [1.54, 1.807) is 16.8 Å². The lowest BCUT2D eigenvalue weighted by Crippen LogP contribution is -2.49. The van der Waals surface area contributed by atoms with E-state index < -0.39 is 0 Å². The molecule has 4 rings (SSSR count). The zero-order valence-corrected chi connectivity index (χ0v) is 17.3. The number of thiophene rings is 1. The lowest BCUT2D eigenvalue weighted by molar-refractivity contribution is 0.0628. The molecule has 3 aromatic rings. The second kappa shape index (κ2) is 7.64. The van der Waals surface area contributed by atoms with Gasteiger partial charge in [-0.15, -0.1) is 11.3 Å². The van der Waals surface area contributed by atoms with Gasteiger partial charge in [0.15, 0.2) is 0 Å². The highest BCUT2D eigenvalue weighted by atomic mass is 32.1. The molecule has 0 saturated carbocycles. The molecule has 0 aliphatic carbocycles. The van der Waals surface area contributed by atoms with Crippen molar-refractivity contribution in [3.8, 4) is 5.69 Å². The fraction of sp³-hybridized carbons (Fsp3) is 0.429. The van der Waals surface area contributed by atoms with E-state index in [1.807, 2.05) is 17.9 Å². The number of piperazine rings is 1. The molecule has 1 fully saturated rings. The van der Waals surface area contributed by atoms with Gasteiger partial charge in [0.05, 0.1) is 16.3 Å². The van der Waals surface area contributed by atoms with E-state index in [9.17, 15) is 9.18 Å². The summed E-state index contributed by atoms with van der Waals surface area (Å²) in [5, 5.41) is 5.56. The van der Waals surface area contributed by atoms with Crippen molar-refractivity contribution < 1.29 is 9.18 Å². The Morgan fingerprint density at radius 2 is 1.86 bits per heavy atom. The molecule has 3 heterocycles. The molecule has 1 saturated heterocycles.